The van der Waals surface area contributed by atoms with E-state index in [4.69, 9.17) is 0 Å². The van der Waals surface area contributed by atoms with Crippen LogP contribution in [0.4, 0.5) is 0 Å². The predicted octanol–water partition coefficient (Wildman–Crippen LogP) is 2.18. The SMILES string of the molecule is CC(C)[C@@H]1CC=CC(=O)C1. The summed E-state index contributed by atoms with van der Waals surface area (Å²) in [6.07, 6.45) is 5.55. The third-order valence-corrected chi connectivity index (χ3v) is 2.15. The first-order valence-electron chi connectivity index (χ1n) is 3.89. The number of carbonyl (C=O) groups excluding carboxylic acids is 1. The van der Waals surface area contributed by atoms with Crippen LogP contribution >= 0.6 is 0 Å². The molecule has 1 aliphatic rings. The topological polar surface area (TPSA) is 17.1 Å². The Labute approximate surface area is 62.1 Å². The Morgan fingerprint density at radius 3 is 2.70 bits per heavy atom. The normalized spacial score (nSPS) is 25.9. The molecule has 0 fully saturated rings. The van der Waals surface area contributed by atoms with Crippen molar-refractivity contribution >= 4 is 5.78 Å². The first kappa shape index (κ1) is 7.52. The molecule has 0 aromatic heterocycles. The molecule has 0 bridgehead atoms. The van der Waals surface area contributed by atoms with Gasteiger partial charge >= 0.3 is 0 Å². The minimum Gasteiger partial charge on any atom is -0.295 e. The molecule has 0 spiro atoms. The summed E-state index contributed by atoms with van der Waals surface area (Å²) >= 11 is 0. The van der Waals surface area contributed by atoms with Crippen molar-refractivity contribution in [3.63, 3.8) is 0 Å². The Hall–Kier alpha value is -0.590. The average Bonchev–Trinajstić information content (AvgIpc) is 1.88. The van der Waals surface area contributed by atoms with Crippen molar-refractivity contribution in [3.05, 3.63) is 12.2 Å². The van der Waals surface area contributed by atoms with Gasteiger partial charge in [0.05, 0.1) is 0 Å². The number of allylic oxidation sites excluding steroid dienone is 2. The van der Waals surface area contributed by atoms with E-state index in [9.17, 15) is 4.79 Å². The van der Waals surface area contributed by atoms with E-state index < -0.39 is 0 Å². The lowest BCUT2D eigenvalue weighted by Gasteiger charge is -2.20. The quantitative estimate of drug-likeness (QED) is 0.542. The second-order valence-electron chi connectivity index (χ2n) is 3.31. The summed E-state index contributed by atoms with van der Waals surface area (Å²) < 4.78 is 0. The molecule has 1 aliphatic carbocycles. The lowest BCUT2D eigenvalue weighted by Crippen LogP contribution is -2.15. The van der Waals surface area contributed by atoms with Gasteiger partial charge in [0.25, 0.3) is 0 Å². The Balaban J connectivity index is 2.52. The van der Waals surface area contributed by atoms with Gasteiger partial charge in [-0.25, -0.2) is 0 Å². The van der Waals surface area contributed by atoms with Crippen molar-refractivity contribution in [2.45, 2.75) is 26.7 Å². The van der Waals surface area contributed by atoms with Crippen molar-refractivity contribution in [3.8, 4) is 0 Å². The molecule has 0 radical (unpaired) electrons. The van der Waals surface area contributed by atoms with Crippen LogP contribution in [0.25, 0.3) is 0 Å². The monoisotopic (exact) mass is 138 g/mol. The van der Waals surface area contributed by atoms with Crippen molar-refractivity contribution in [1.82, 2.24) is 0 Å². The molecule has 0 aromatic rings. The third kappa shape index (κ3) is 1.69. The number of ketones is 1. The van der Waals surface area contributed by atoms with Crippen molar-refractivity contribution in [2.24, 2.45) is 11.8 Å². The van der Waals surface area contributed by atoms with Gasteiger partial charge in [-0.3, -0.25) is 4.79 Å². The lowest BCUT2D eigenvalue weighted by atomic mass is 9.85. The van der Waals surface area contributed by atoms with E-state index in [-0.39, 0.29) is 0 Å². The maximum absolute atomic E-state index is 10.9. The van der Waals surface area contributed by atoms with Crippen LogP contribution in [0.5, 0.6) is 0 Å². The lowest BCUT2D eigenvalue weighted by molar-refractivity contribution is -0.116. The van der Waals surface area contributed by atoms with Crippen molar-refractivity contribution in [2.75, 3.05) is 0 Å². The average molecular weight is 138 g/mol. The van der Waals surface area contributed by atoms with E-state index in [1.54, 1.807) is 6.08 Å². The van der Waals surface area contributed by atoms with Gasteiger partial charge < -0.3 is 0 Å². The molecule has 0 saturated heterocycles. The highest BCUT2D eigenvalue weighted by Gasteiger charge is 2.17. The van der Waals surface area contributed by atoms with Crippen LogP contribution in [0, 0.1) is 11.8 Å². The van der Waals surface area contributed by atoms with E-state index in [1.807, 2.05) is 6.08 Å². The van der Waals surface area contributed by atoms with Crippen LogP contribution in [0.3, 0.4) is 0 Å². The van der Waals surface area contributed by atoms with E-state index in [1.165, 1.54) is 0 Å². The maximum atomic E-state index is 10.9. The van der Waals surface area contributed by atoms with Gasteiger partial charge in [0.1, 0.15) is 0 Å². The minimum absolute atomic E-state index is 0.296. The van der Waals surface area contributed by atoms with E-state index in [0.717, 1.165) is 12.8 Å². The van der Waals surface area contributed by atoms with Crippen molar-refractivity contribution < 1.29 is 4.79 Å². The summed E-state index contributed by atoms with van der Waals surface area (Å²) in [5.41, 5.74) is 0. The zero-order valence-electron chi connectivity index (χ0n) is 6.63. The molecule has 0 unspecified atom stereocenters. The van der Waals surface area contributed by atoms with Gasteiger partial charge in [-0.05, 0) is 24.3 Å². The van der Waals surface area contributed by atoms with Gasteiger partial charge in [0.2, 0.25) is 0 Å². The van der Waals surface area contributed by atoms with Crippen LogP contribution in [0.1, 0.15) is 26.7 Å². The van der Waals surface area contributed by atoms with Crippen LogP contribution in [0.2, 0.25) is 0 Å². The fraction of sp³-hybridized carbons (Fsp3) is 0.667. The first-order chi connectivity index (χ1) is 4.70. The number of hydrogen-bond acceptors (Lipinski definition) is 1. The molecule has 10 heavy (non-hydrogen) atoms. The van der Waals surface area contributed by atoms with Crippen LogP contribution in [-0.2, 0) is 4.79 Å². The summed E-state index contributed by atoms with van der Waals surface area (Å²) in [7, 11) is 0. The number of hydrogen-bond donors (Lipinski definition) is 0. The summed E-state index contributed by atoms with van der Waals surface area (Å²) in [4.78, 5) is 10.9. The Morgan fingerprint density at radius 2 is 2.30 bits per heavy atom. The molecular weight excluding hydrogens is 124 g/mol. The van der Waals surface area contributed by atoms with Gasteiger partial charge in [0, 0.05) is 6.42 Å². The molecule has 0 N–H and O–H groups in total. The highest BCUT2D eigenvalue weighted by atomic mass is 16.1. The maximum Gasteiger partial charge on any atom is 0.155 e. The van der Waals surface area contributed by atoms with Crippen LogP contribution in [-0.4, -0.2) is 5.78 Å². The fourth-order valence-electron chi connectivity index (χ4n) is 1.29. The molecule has 0 aromatic carbocycles. The second-order valence-corrected chi connectivity index (χ2v) is 3.31. The molecule has 1 atom stereocenters. The molecule has 1 rings (SSSR count). The first-order valence-corrected chi connectivity index (χ1v) is 3.89. The zero-order chi connectivity index (χ0) is 7.56. The molecule has 0 amide bonds. The molecule has 0 heterocycles. The van der Waals surface area contributed by atoms with E-state index in [2.05, 4.69) is 13.8 Å². The van der Waals surface area contributed by atoms with E-state index >= 15 is 0 Å². The highest BCUT2D eigenvalue weighted by Crippen LogP contribution is 2.23. The third-order valence-electron chi connectivity index (χ3n) is 2.15. The van der Waals surface area contributed by atoms with Crippen molar-refractivity contribution in [1.29, 1.82) is 0 Å². The molecule has 1 heteroatoms. The Kier molecular flexibility index (Phi) is 2.25. The smallest absolute Gasteiger partial charge is 0.155 e. The standard InChI is InChI=1S/C9H14O/c1-7(2)8-4-3-5-9(10)6-8/h3,5,7-8H,4,6H2,1-2H3/t8-/m1/s1. The molecule has 56 valence electrons. The summed E-state index contributed by atoms with van der Waals surface area (Å²) in [5.74, 6) is 1.54. The van der Waals surface area contributed by atoms with Gasteiger partial charge in [-0.15, -0.1) is 0 Å². The van der Waals surface area contributed by atoms with E-state index in [0.29, 0.717) is 17.6 Å². The van der Waals surface area contributed by atoms with Gasteiger partial charge in [-0.2, -0.15) is 0 Å². The molecule has 0 aliphatic heterocycles. The number of rotatable bonds is 1. The summed E-state index contributed by atoms with van der Waals surface area (Å²) in [6.45, 7) is 4.36. The fourth-order valence-corrected chi connectivity index (χ4v) is 1.29. The number of carbonyl (C=O) groups is 1. The highest BCUT2D eigenvalue weighted by molar-refractivity contribution is 5.90. The summed E-state index contributed by atoms with van der Waals surface area (Å²) in [5, 5.41) is 0. The minimum atomic E-state index is 0.296. The summed E-state index contributed by atoms with van der Waals surface area (Å²) in [6, 6.07) is 0. The molecule has 1 nitrogen and oxygen atoms in total. The Morgan fingerprint density at radius 1 is 1.60 bits per heavy atom. The van der Waals surface area contributed by atoms with Gasteiger partial charge in [0.15, 0.2) is 5.78 Å². The van der Waals surface area contributed by atoms with Crippen LogP contribution in [0.15, 0.2) is 12.2 Å². The molecule has 0 saturated carbocycles. The van der Waals surface area contributed by atoms with Crippen LogP contribution < -0.4 is 0 Å². The van der Waals surface area contributed by atoms with Gasteiger partial charge in [-0.1, -0.05) is 19.9 Å². The molecular formula is C9H14O. The zero-order valence-corrected chi connectivity index (χ0v) is 6.63. The second kappa shape index (κ2) is 3.00. The Bertz CT molecular complexity index is 156. The largest absolute Gasteiger partial charge is 0.295 e. The predicted molar refractivity (Wildman–Crippen MR) is 41.7 cm³/mol.